The lowest BCUT2D eigenvalue weighted by Crippen LogP contribution is -2.03. The number of para-hydroxylation sites is 2. The van der Waals surface area contributed by atoms with E-state index in [2.05, 4.69) is 5.32 Å². The summed E-state index contributed by atoms with van der Waals surface area (Å²) in [6.45, 7) is 3.06. The zero-order valence-electron chi connectivity index (χ0n) is 11.3. The van der Waals surface area contributed by atoms with E-state index in [1.165, 1.54) is 0 Å². The molecule has 0 amide bonds. The first-order chi connectivity index (χ1) is 9.22. The second kappa shape index (κ2) is 6.25. The minimum Gasteiger partial charge on any atom is -0.507 e. The van der Waals surface area contributed by atoms with Gasteiger partial charge in [0.05, 0.1) is 6.61 Å². The molecular weight excluding hydrogens is 238 g/mol. The zero-order valence-corrected chi connectivity index (χ0v) is 11.3. The van der Waals surface area contributed by atoms with Crippen molar-refractivity contribution < 1.29 is 9.84 Å². The summed E-state index contributed by atoms with van der Waals surface area (Å²) in [5.74, 6) is 0.360. The van der Waals surface area contributed by atoms with E-state index in [1.54, 1.807) is 7.11 Å². The summed E-state index contributed by atoms with van der Waals surface area (Å²) in [4.78, 5) is 0. The number of anilines is 1. The second-order valence-corrected chi connectivity index (χ2v) is 4.53. The van der Waals surface area contributed by atoms with E-state index in [1.807, 2.05) is 49.4 Å². The number of phenols is 1. The SMILES string of the molecule is COCc1ccccc1NCc1cccc(C)c1O. The summed E-state index contributed by atoms with van der Waals surface area (Å²) < 4.78 is 5.17. The molecule has 0 fully saturated rings. The summed E-state index contributed by atoms with van der Waals surface area (Å²) >= 11 is 0. The lowest BCUT2D eigenvalue weighted by atomic mass is 10.1. The summed E-state index contributed by atoms with van der Waals surface area (Å²) in [5, 5.41) is 13.3. The third-order valence-electron chi connectivity index (χ3n) is 3.11. The zero-order chi connectivity index (χ0) is 13.7. The molecule has 0 heterocycles. The van der Waals surface area contributed by atoms with Crippen LogP contribution >= 0.6 is 0 Å². The molecule has 0 bridgehead atoms. The van der Waals surface area contributed by atoms with Crippen LogP contribution in [0.1, 0.15) is 16.7 Å². The maximum absolute atomic E-state index is 9.98. The lowest BCUT2D eigenvalue weighted by Gasteiger charge is -2.13. The van der Waals surface area contributed by atoms with Gasteiger partial charge in [-0.25, -0.2) is 0 Å². The minimum absolute atomic E-state index is 0.360. The smallest absolute Gasteiger partial charge is 0.123 e. The average Bonchev–Trinajstić information content (AvgIpc) is 2.42. The largest absolute Gasteiger partial charge is 0.507 e. The fourth-order valence-corrected chi connectivity index (χ4v) is 2.03. The molecule has 19 heavy (non-hydrogen) atoms. The van der Waals surface area contributed by atoms with Crippen molar-refractivity contribution in [3.05, 3.63) is 59.2 Å². The number of hydrogen-bond donors (Lipinski definition) is 2. The van der Waals surface area contributed by atoms with Crippen molar-refractivity contribution in [3.8, 4) is 5.75 Å². The molecular formula is C16H19NO2. The van der Waals surface area contributed by atoms with E-state index in [0.29, 0.717) is 18.9 Å². The normalized spacial score (nSPS) is 10.4. The van der Waals surface area contributed by atoms with Crippen molar-refractivity contribution in [2.45, 2.75) is 20.1 Å². The maximum atomic E-state index is 9.98. The van der Waals surface area contributed by atoms with Crippen LogP contribution in [0.25, 0.3) is 0 Å². The van der Waals surface area contributed by atoms with E-state index in [4.69, 9.17) is 4.74 Å². The quantitative estimate of drug-likeness (QED) is 0.862. The number of aromatic hydroxyl groups is 1. The van der Waals surface area contributed by atoms with Gasteiger partial charge < -0.3 is 15.2 Å². The molecule has 0 atom stereocenters. The first-order valence-corrected chi connectivity index (χ1v) is 6.30. The molecule has 2 N–H and O–H groups in total. The summed E-state index contributed by atoms with van der Waals surface area (Å²) in [7, 11) is 1.68. The highest BCUT2D eigenvalue weighted by atomic mass is 16.5. The highest BCUT2D eigenvalue weighted by molar-refractivity contribution is 5.52. The van der Waals surface area contributed by atoms with Gasteiger partial charge in [0.2, 0.25) is 0 Å². The molecule has 0 saturated carbocycles. The van der Waals surface area contributed by atoms with Gasteiger partial charge in [0.1, 0.15) is 5.75 Å². The monoisotopic (exact) mass is 257 g/mol. The Labute approximate surface area is 113 Å². The van der Waals surface area contributed by atoms with E-state index >= 15 is 0 Å². The molecule has 0 unspecified atom stereocenters. The maximum Gasteiger partial charge on any atom is 0.123 e. The van der Waals surface area contributed by atoms with Gasteiger partial charge in [-0.15, -0.1) is 0 Å². The van der Waals surface area contributed by atoms with E-state index in [-0.39, 0.29) is 0 Å². The number of rotatable bonds is 5. The summed E-state index contributed by atoms with van der Waals surface area (Å²) in [6, 6.07) is 13.8. The van der Waals surface area contributed by atoms with Crippen LogP contribution in [0.4, 0.5) is 5.69 Å². The fraction of sp³-hybridized carbons (Fsp3) is 0.250. The van der Waals surface area contributed by atoms with Crippen molar-refractivity contribution in [1.29, 1.82) is 0 Å². The Morgan fingerprint density at radius 2 is 1.79 bits per heavy atom. The molecule has 2 rings (SSSR count). The number of ether oxygens (including phenoxy) is 1. The molecule has 0 aliphatic heterocycles. The van der Waals surface area contributed by atoms with Crippen LogP contribution < -0.4 is 5.32 Å². The third-order valence-corrected chi connectivity index (χ3v) is 3.11. The van der Waals surface area contributed by atoms with Gasteiger partial charge >= 0.3 is 0 Å². The van der Waals surface area contributed by atoms with Gasteiger partial charge in [0, 0.05) is 30.5 Å². The number of methoxy groups -OCH3 is 1. The number of benzene rings is 2. The second-order valence-electron chi connectivity index (χ2n) is 4.53. The van der Waals surface area contributed by atoms with E-state index in [0.717, 1.165) is 22.4 Å². The van der Waals surface area contributed by atoms with Crippen molar-refractivity contribution in [2.75, 3.05) is 12.4 Å². The Kier molecular flexibility index (Phi) is 4.42. The van der Waals surface area contributed by atoms with Crippen molar-refractivity contribution >= 4 is 5.69 Å². The van der Waals surface area contributed by atoms with Gasteiger partial charge in [-0.2, -0.15) is 0 Å². The Balaban J connectivity index is 2.12. The minimum atomic E-state index is 0.360. The van der Waals surface area contributed by atoms with Crippen LogP contribution in [0.2, 0.25) is 0 Å². The molecule has 0 aromatic heterocycles. The highest BCUT2D eigenvalue weighted by Gasteiger charge is 2.05. The van der Waals surface area contributed by atoms with Crippen LogP contribution in [0.3, 0.4) is 0 Å². The van der Waals surface area contributed by atoms with Crippen LogP contribution in [-0.4, -0.2) is 12.2 Å². The van der Waals surface area contributed by atoms with Crippen molar-refractivity contribution in [1.82, 2.24) is 0 Å². The van der Waals surface area contributed by atoms with Crippen LogP contribution in [0, 0.1) is 6.92 Å². The van der Waals surface area contributed by atoms with Gasteiger partial charge in [-0.1, -0.05) is 36.4 Å². The number of phenolic OH excluding ortho intramolecular Hbond substituents is 1. The fourth-order valence-electron chi connectivity index (χ4n) is 2.03. The Morgan fingerprint density at radius 1 is 1.05 bits per heavy atom. The van der Waals surface area contributed by atoms with E-state index < -0.39 is 0 Å². The Bertz CT molecular complexity index is 552. The first kappa shape index (κ1) is 13.4. The molecule has 0 saturated heterocycles. The van der Waals surface area contributed by atoms with Crippen molar-refractivity contribution in [3.63, 3.8) is 0 Å². The molecule has 2 aromatic carbocycles. The summed E-state index contributed by atoms with van der Waals surface area (Å²) in [5.41, 5.74) is 3.93. The molecule has 3 nitrogen and oxygen atoms in total. The number of nitrogens with one attached hydrogen (secondary N) is 1. The molecule has 100 valence electrons. The predicted molar refractivity (Wildman–Crippen MR) is 77.3 cm³/mol. The van der Waals surface area contributed by atoms with E-state index in [9.17, 15) is 5.11 Å². The van der Waals surface area contributed by atoms with Crippen molar-refractivity contribution in [2.24, 2.45) is 0 Å². The number of hydrogen-bond acceptors (Lipinski definition) is 3. The Morgan fingerprint density at radius 3 is 2.58 bits per heavy atom. The topological polar surface area (TPSA) is 41.5 Å². The molecule has 0 spiro atoms. The first-order valence-electron chi connectivity index (χ1n) is 6.30. The molecule has 0 aliphatic carbocycles. The molecule has 0 radical (unpaired) electrons. The average molecular weight is 257 g/mol. The van der Waals surface area contributed by atoms with Crippen LogP contribution in [0.15, 0.2) is 42.5 Å². The Hall–Kier alpha value is -2.00. The molecule has 2 aromatic rings. The molecule has 0 aliphatic rings. The standard InChI is InChI=1S/C16H19NO2/c1-12-6-5-8-13(16(12)18)10-17-15-9-4-3-7-14(15)11-19-2/h3-9,17-18H,10-11H2,1-2H3. The lowest BCUT2D eigenvalue weighted by molar-refractivity contribution is 0.185. The van der Waals surface area contributed by atoms with Gasteiger partial charge in [-0.3, -0.25) is 0 Å². The highest BCUT2D eigenvalue weighted by Crippen LogP contribution is 2.23. The van der Waals surface area contributed by atoms with Gasteiger partial charge in [-0.05, 0) is 18.6 Å². The van der Waals surface area contributed by atoms with Gasteiger partial charge in [0.15, 0.2) is 0 Å². The predicted octanol–water partition coefficient (Wildman–Crippen LogP) is 3.46. The summed E-state index contributed by atoms with van der Waals surface area (Å²) in [6.07, 6.45) is 0. The third kappa shape index (κ3) is 3.26. The van der Waals surface area contributed by atoms with Crippen LogP contribution in [-0.2, 0) is 17.9 Å². The van der Waals surface area contributed by atoms with Crippen LogP contribution in [0.5, 0.6) is 5.75 Å². The molecule has 3 heteroatoms. The number of aryl methyl sites for hydroxylation is 1. The van der Waals surface area contributed by atoms with Gasteiger partial charge in [0.25, 0.3) is 0 Å².